The van der Waals surface area contributed by atoms with Crippen molar-refractivity contribution in [2.75, 3.05) is 13.7 Å². The van der Waals surface area contributed by atoms with Gasteiger partial charge >= 0.3 is 29.6 Å². The van der Waals surface area contributed by atoms with Gasteiger partial charge < -0.3 is 24.2 Å². The van der Waals surface area contributed by atoms with Crippen molar-refractivity contribution >= 4 is 29.5 Å². The van der Waals surface area contributed by atoms with Gasteiger partial charge in [-0.25, -0.2) is 4.89 Å². The summed E-state index contributed by atoms with van der Waals surface area (Å²) in [7, 11) is 1.44. The largest absolute Gasteiger partial charge is 1.00 e. The second-order valence-corrected chi connectivity index (χ2v) is 7.22. The van der Waals surface area contributed by atoms with E-state index >= 15 is 0 Å². The van der Waals surface area contributed by atoms with E-state index in [4.69, 9.17) is 18.6 Å². The molecule has 2 rings (SSSR count). The van der Waals surface area contributed by atoms with Crippen molar-refractivity contribution in [3.8, 4) is 0 Å². The van der Waals surface area contributed by atoms with Crippen LogP contribution in [0.3, 0.4) is 0 Å². The number of carbonyl (C=O) groups is 1. The van der Waals surface area contributed by atoms with Crippen molar-refractivity contribution < 1.29 is 63.0 Å². The number of benzene rings is 1. The molecule has 1 heterocycles. The zero-order valence-electron chi connectivity index (χ0n) is 17.5. The fraction of sp³-hybridized carbons (Fsp3) is 0.474. The van der Waals surface area contributed by atoms with E-state index in [0.717, 1.165) is 28.1 Å². The second kappa shape index (κ2) is 11.8. The molecule has 0 saturated carbocycles. The fourth-order valence-electron chi connectivity index (χ4n) is 2.64. The van der Waals surface area contributed by atoms with Gasteiger partial charge in [-0.1, -0.05) is 19.1 Å². The Bertz CT molecular complexity index is 751. The molecular weight excluding hydrogens is 409 g/mol. The van der Waals surface area contributed by atoms with Crippen LogP contribution in [0.5, 0.6) is 0 Å². The van der Waals surface area contributed by atoms with E-state index in [-0.39, 0.29) is 41.6 Å². The molecule has 1 aromatic carbocycles. The molecule has 1 aliphatic heterocycles. The van der Waals surface area contributed by atoms with Crippen LogP contribution in [0, 0.1) is 0 Å². The third-order valence-electron chi connectivity index (χ3n) is 3.97. The molecule has 0 spiro atoms. The van der Waals surface area contributed by atoms with Gasteiger partial charge in [0.05, 0.1) is 36.8 Å². The summed E-state index contributed by atoms with van der Waals surface area (Å²) in [6, 6.07) is 7.61. The zero-order valence-corrected chi connectivity index (χ0v) is 20.3. The van der Waals surface area contributed by atoms with E-state index in [1.54, 1.807) is 0 Å². The summed E-state index contributed by atoms with van der Waals surface area (Å²) >= 11 is 1.10. The molecule has 0 radical (unpaired) electrons. The van der Waals surface area contributed by atoms with E-state index in [2.05, 4.69) is 10.0 Å². The van der Waals surface area contributed by atoms with Gasteiger partial charge in [-0.3, -0.25) is 0 Å². The number of oxime groups is 1. The van der Waals surface area contributed by atoms with Crippen LogP contribution in [0.25, 0.3) is 5.57 Å². The first-order chi connectivity index (χ1) is 13.3. The van der Waals surface area contributed by atoms with Crippen molar-refractivity contribution in [3.05, 3.63) is 35.6 Å². The van der Waals surface area contributed by atoms with Crippen LogP contribution in [0.4, 0.5) is 0 Å². The van der Waals surface area contributed by atoms with Gasteiger partial charge in [0.2, 0.25) is 0 Å². The Kier molecular flexibility index (Phi) is 10.5. The van der Waals surface area contributed by atoms with Gasteiger partial charge in [0.1, 0.15) is 5.60 Å². The average Bonchev–Trinajstić information content (AvgIpc) is 2.92. The van der Waals surface area contributed by atoms with Crippen molar-refractivity contribution in [2.24, 2.45) is 5.16 Å². The molecule has 1 aliphatic rings. The van der Waals surface area contributed by atoms with E-state index in [1.165, 1.54) is 7.11 Å². The average molecular weight is 433 g/mol. The fourth-order valence-corrected chi connectivity index (χ4v) is 3.04. The number of aliphatic carboxylic acids is 1. The van der Waals surface area contributed by atoms with Crippen molar-refractivity contribution in [1.82, 2.24) is 0 Å². The standard InChI is InChI=1S/C19H25NO7S.Na/c1-6-19(4)16(13-7-9-14(10-8-13)28-27-23-5)17(25-12(2)3)18(26-19)20-24-11-15(21)22;/h7-10,12H,6,11H2,1-5H3,(H,21,22);/q;+1/p-1/b20-18-;/t19-;/m0./s1. The monoisotopic (exact) mass is 433 g/mol. The van der Waals surface area contributed by atoms with E-state index in [0.29, 0.717) is 12.2 Å². The SMILES string of the molecule is CC[C@]1(C)O/C(=N\OCC(=O)[O-])C(OC(C)C)=C1c1ccc(SOOC)cc1.[Na+]. The molecule has 0 aliphatic carbocycles. The normalized spacial score (nSPS) is 19.9. The number of carboxylic acids is 1. The van der Waals surface area contributed by atoms with Crippen molar-refractivity contribution in [1.29, 1.82) is 0 Å². The van der Waals surface area contributed by atoms with Crippen LogP contribution in [-0.2, 0) is 28.3 Å². The molecule has 29 heavy (non-hydrogen) atoms. The van der Waals surface area contributed by atoms with Crippen LogP contribution >= 0.6 is 12.0 Å². The Balaban J connectivity index is 0.00000420. The molecule has 154 valence electrons. The topological polar surface area (TPSA) is 98.6 Å². The minimum atomic E-state index is -1.37. The Labute approximate surface area is 197 Å². The van der Waals surface area contributed by atoms with Crippen LogP contribution in [0.15, 0.2) is 40.1 Å². The molecule has 0 bridgehead atoms. The number of carboxylic acid groups (broad SMARTS) is 1. The van der Waals surface area contributed by atoms with Gasteiger partial charge in [-0.2, -0.15) is 4.33 Å². The summed E-state index contributed by atoms with van der Waals surface area (Å²) in [4.78, 5) is 20.9. The first kappa shape index (κ1) is 25.8. The maximum Gasteiger partial charge on any atom is 1.00 e. The van der Waals surface area contributed by atoms with Gasteiger partial charge in [0, 0.05) is 4.90 Å². The molecule has 0 N–H and O–H groups in total. The first-order valence-electron chi connectivity index (χ1n) is 8.79. The molecule has 0 amide bonds. The van der Waals surface area contributed by atoms with Crippen molar-refractivity contribution in [2.45, 2.75) is 50.7 Å². The maximum absolute atomic E-state index is 10.6. The quantitative estimate of drug-likeness (QED) is 0.215. The summed E-state index contributed by atoms with van der Waals surface area (Å²) in [6.45, 7) is 6.99. The number of nitrogens with zero attached hydrogens (tertiary/aromatic N) is 1. The van der Waals surface area contributed by atoms with Gasteiger partial charge in [-0.05, 0) is 50.0 Å². The number of ether oxygens (including phenoxy) is 2. The first-order valence-corrected chi connectivity index (χ1v) is 9.53. The molecule has 0 saturated heterocycles. The molecule has 10 heteroatoms. The number of hydrogen-bond donors (Lipinski definition) is 0. The minimum Gasteiger partial charge on any atom is -0.546 e. The molecule has 0 unspecified atom stereocenters. The number of hydrogen-bond acceptors (Lipinski definition) is 9. The Morgan fingerprint density at radius 1 is 1.31 bits per heavy atom. The smallest absolute Gasteiger partial charge is 0.546 e. The number of carbonyl (C=O) groups excluding carboxylic acids is 1. The van der Waals surface area contributed by atoms with Crippen LogP contribution in [-0.4, -0.2) is 37.3 Å². The van der Waals surface area contributed by atoms with Crippen LogP contribution in [0.1, 0.15) is 39.7 Å². The van der Waals surface area contributed by atoms with Crippen LogP contribution in [0.2, 0.25) is 0 Å². The predicted molar refractivity (Wildman–Crippen MR) is 102 cm³/mol. The summed E-state index contributed by atoms with van der Waals surface area (Å²) in [5.74, 6) is -0.843. The molecule has 1 aromatic rings. The molecular formula is C19H24NNaO7S. The Hall–Kier alpha value is -1.23. The zero-order chi connectivity index (χ0) is 20.7. The van der Waals surface area contributed by atoms with Crippen molar-refractivity contribution in [3.63, 3.8) is 0 Å². The third kappa shape index (κ3) is 6.91. The Morgan fingerprint density at radius 2 is 1.97 bits per heavy atom. The molecule has 0 fully saturated rings. The van der Waals surface area contributed by atoms with Gasteiger partial charge in [0.25, 0.3) is 5.90 Å². The van der Waals surface area contributed by atoms with E-state index < -0.39 is 18.2 Å². The third-order valence-corrected chi connectivity index (χ3v) is 4.64. The number of rotatable bonds is 10. The summed E-state index contributed by atoms with van der Waals surface area (Å²) in [6.07, 6.45) is 0.486. The van der Waals surface area contributed by atoms with E-state index in [9.17, 15) is 9.90 Å². The molecule has 1 atom stereocenters. The maximum atomic E-state index is 10.6. The summed E-state index contributed by atoms with van der Waals surface area (Å²) in [5.41, 5.74) is 0.974. The van der Waals surface area contributed by atoms with Gasteiger partial charge in [0.15, 0.2) is 12.4 Å². The van der Waals surface area contributed by atoms with Gasteiger partial charge in [-0.15, -0.1) is 0 Å². The molecule has 8 nitrogen and oxygen atoms in total. The predicted octanol–water partition coefficient (Wildman–Crippen LogP) is -0.309. The molecule has 0 aromatic heterocycles. The van der Waals surface area contributed by atoms with E-state index in [1.807, 2.05) is 52.0 Å². The Morgan fingerprint density at radius 3 is 2.48 bits per heavy atom. The summed E-state index contributed by atoms with van der Waals surface area (Å²) in [5, 5.41) is 14.4. The second-order valence-electron chi connectivity index (χ2n) is 6.44. The minimum absolute atomic E-state index is 0. The van der Waals surface area contributed by atoms with Crippen LogP contribution < -0.4 is 34.7 Å². The summed E-state index contributed by atoms with van der Waals surface area (Å²) < 4.78 is 16.9.